The Balaban J connectivity index is 1.61. The summed E-state index contributed by atoms with van der Waals surface area (Å²) in [7, 11) is 1.63. The molecule has 0 N–H and O–H groups in total. The van der Waals surface area contributed by atoms with E-state index in [0.717, 1.165) is 11.8 Å². The molecule has 1 atom stereocenters. The number of amides is 1. The Kier molecular flexibility index (Phi) is 6.23. The summed E-state index contributed by atoms with van der Waals surface area (Å²) in [5.41, 5.74) is 1.22. The van der Waals surface area contributed by atoms with Crippen molar-refractivity contribution < 1.29 is 18.5 Å². The second kappa shape index (κ2) is 8.82. The molecular weight excluding hydrogens is 399 g/mol. The molecule has 0 saturated heterocycles. The van der Waals surface area contributed by atoms with Crippen molar-refractivity contribution in [2.24, 2.45) is 0 Å². The van der Waals surface area contributed by atoms with Crippen LogP contribution in [0.25, 0.3) is 11.5 Å². The molecule has 1 amide bonds. The van der Waals surface area contributed by atoms with Crippen LogP contribution in [-0.2, 0) is 4.79 Å². The van der Waals surface area contributed by atoms with Crippen LogP contribution in [0.5, 0.6) is 0 Å². The average molecular weight is 416 g/mol. The third-order valence-corrected chi connectivity index (χ3v) is 5.16. The van der Waals surface area contributed by atoms with Crippen molar-refractivity contribution in [1.29, 1.82) is 0 Å². The summed E-state index contributed by atoms with van der Waals surface area (Å²) in [5.74, 6) is -0.274. The molecule has 0 aliphatic heterocycles. The van der Waals surface area contributed by atoms with E-state index in [1.54, 1.807) is 26.1 Å². The van der Waals surface area contributed by atoms with E-state index in [1.165, 1.54) is 41.3 Å². The van der Waals surface area contributed by atoms with Crippen molar-refractivity contribution >= 4 is 23.4 Å². The summed E-state index contributed by atoms with van der Waals surface area (Å²) in [6, 6.07) is 11.5. The molecule has 3 rings (SSSR count). The number of hydrogen-bond acceptors (Lipinski definition) is 7. The van der Waals surface area contributed by atoms with Crippen molar-refractivity contribution in [3.63, 3.8) is 0 Å². The molecule has 150 valence electrons. The van der Waals surface area contributed by atoms with Crippen LogP contribution in [0.15, 0.2) is 58.2 Å². The molecule has 0 fully saturated rings. The predicted octanol–water partition coefficient (Wildman–Crippen LogP) is 4.10. The topological polar surface area (TPSA) is 102 Å². The van der Waals surface area contributed by atoms with Crippen molar-refractivity contribution in [1.82, 2.24) is 15.1 Å². The lowest BCUT2D eigenvalue weighted by Crippen LogP contribution is -2.31. The van der Waals surface area contributed by atoms with E-state index in [2.05, 4.69) is 10.2 Å². The van der Waals surface area contributed by atoms with Crippen LogP contribution in [0.2, 0.25) is 0 Å². The fourth-order valence-corrected chi connectivity index (χ4v) is 3.23. The summed E-state index contributed by atoms with van der Waals surface area (Å²) in [5, 5.41) is 18.9. The van der Waals surface area contributed by atoms with Crippen molar-refractivity contribution in [2.45, 2.75) is 18.2 Å². The zero-order valence-corrected chi connectivity index (χ0v) is 16.4. The minimum atomic E-state index is -0.470. The van der Waals surface area contributed by atoms with Gasteiger partial charge in [-0.05, 0) is 36.8 Å². The number of carbonyl (C=O) groups excluding carboxylic acids is 1. The molecule has 0 radical (unpaired) electrons. The quantitative estimate of drug-likeness (QED) is 0.325. The zero-order chi connectivity index (χ0) is 21.0. The minimum absolute atomic E-state index is 0.0243. The highest BCUT2D eigenvalue weighted by molar-refractivity contribution is 7.99. The van der Waals surface area contributed by atoms with Crippen molar-refractivity contribution in [3.8, 4) is 11.5 Å². The van der Waals surface area contributed by atoms with Gasteiger partial charge in [-0.15, -0.1) is 10.2 Å². The van der Waals surface area contributed by atoms with E-state index in [4.69, 9.17) is 4.42 Å². The first-order valence-electron chi connectivity index (χ1n) is 8.57. The van der Waals surface area contributed by atoms with Gasteiger partial charge in [0.15, 0.2) is 0 Å². The molecule has 3 aromatic rings. The Hall–Kier alpha value is -3.27. The lowest BCUT2D eigenvalue weighted by molar-refractivity contribution is -0.384. The van der Waals surface area contributed by atoms with Crippen LogP contribution >= 0.6 is 11.8 Å². The Morgan fingerprint density at radius 2 is 2.00 bits per heavy atom. The van der Waals surface area contributed by atoms with Gasteiger partial charge in [-0.1, -0.05) is 23.9 Å². The second-order valence-corrected chi connectivity index (χ2v) is 7.13. The van der Waals surface area contributed by atoms with E-state index in [-0.39, 0.29) is 40.3 Å². The first kappa shape index (κ1) is 20.5. The lowest BCUT2D eigenvalue weighted by Gasteiger charge is -2.25. The van der Waals surface area contributed by atoms with Crippen LogP contribution in [0.1, 0.15) is 18.5 Å². The average Bonchev–Trinajstić information content (AvgIpc) is 3.20. The summed E-state index contributed by atoms with van der Waals surface area (Å²) >= 11 is 1.08. The monoisotopic (exact) mass is 416 g/mol. The van der Waals surface area contributed by atoms with Crippen LogP contribution < -0.4 is 0 Å². The van der Waals surface area contributed by atoms with Gasteiger partial charge >= 0.3 is 0 Å². The molecule has 8 nitrogen and oxygen atoms in total. The Morgan fingerprint density at radius 3 is 2.69 bits per heavy atom. The van der Waals surface area contributed by atoms with Crippen LogP contribution in [0.3, 0.4) is 0 Å². The molecule has 1 heterocycles. The highest BCUT2D eigenvalue weighted by Gasteiger charge is 2.20. The summed E-state index contributed by atoms with van der Waals surface area (Å²) in [4.78, 5) is 24.5. The zero-order valence-electron chi connectivity index (χ0n) is 15.6. The Morgan fingerprint density at radius 1 is 1.28 bits per heavy atom. The second-order valence-electron chi connectivity index (χ2n) is 6.20. The lowest BCUT2D eigenvalue weighted by atomic mass is 10.1. The highest BCUT2D eigenvalue weighted by Crippen LogP contribution is 2.26. The number of benzene rings is 2. The van der Waals surface area contributed by atoms with Crippen molar-refractivity contribution in [3.05, 3.63) is 70.0 Å². The predicted molar refractivity (Wildman–Crippen MR) is 105 cm³/mol. The third-order valence-electron chi connectivity index (χ3n) is 4.35. The fraction of sp³-hybridized carbons (Fsp3) is 0.211. The largest absolute Gasteiger partial charge is 0.411 e. The van der Waals surface area contributed by atoms with Gasteiger partial charge in [-0.25, -0.2) is 4.39 Å². The number of nitrogens with zero attached hydrogens (tertiary/aromatic N) is 4. The van der Waals surface area contributed by atoms with E-state index in [1.807, 2.05) is 0 Å². The van der Waals surface area contributed by atoms with Gasteiger partial charge in [0.1, 0.15) is 5.82 Å². The summed E-state index contributed by atoms with van der Waals surface area (Å²) in [6.45, 7) is 1.79. The summed E-state index contributed by atoms with van der Waals surface area (Å²) in [6.07, 6.45) is 0. The molecule has 0 aliphatic rings. The molecular formula is C19H17FN4O4S. The molecule has 0 aliphatic carbocycles. The minimum Gasteiger partial charge on any atom is -0.411 e. The molecule has 0 bridgehead atoms. The number of nitro groups is 1. The van der Waals surface area contributed by atoms with Gasteiger partial charge in [-0.3, -0.25) is 14.9 Å². The maximum absolute atomic E-state index is 13.0. The van der Waals surface area contributed by atoms with Gasteiger partial charge in [0.2, 0.25) is 11.8 Å². The molecule has 0 unspecified atom stereocenters. The normalized spacial score (nSPS) is 11.8. The summed E-state index contributed by atoms with van der Waals surface area (Å²) < 4.78 is 18.5. The number of carbonyl (C=O) groups is 1. The maximum Gasteiger partial charge on any atom is 0.277 e. The van der Waals surface area contributed by atoms with Gasteiger partial charge < -0.3 is 9.32 Å². The number of rotatable bonds is 7. The number of nitro benzene ring substituents is 1. The van der Waals surface area contributed by atoms with E-state index < -0.39 is 4.92 Å². The van der Waals surface area contributed by atoms with E-state index >= 15 is 0 Å². The fourth-order valence-electron chi connectivity index (χ4n) is 2.54. The molecule has 2 aromatic carbocycles. The van der Waals surface area contributed by atoms with Crippen molar-refractivity contribution in [2.75, 3.05) is 12.8 Å². The number of aromatic nitrogens is 2. The van der Waals surface area contributed by atoms with Gasteiger partial charge in [-0.2, -0.15) is 0 Å². The molecule has 1 aromatic heterocycles. The standard InChI is InChI=1S/C19H17FN4O4S/c1-12(14-4-3-5-16(10-14)24(26)27)23(2)17(25)11-29-19-22-21-18(28-19)13-6-8-15(20)9-7-13/h3-10,12H,11H2,1-2H3/t12-/m0/s1. The number of thioether (sulfide) groups is 1. The van der Waals surface area contributed by atoms with Crippen LogP contribution in [0.4, 0.5) is 10.1 Å². The van der Waals surface area contributed by atoms with E-state index in [0.29, 0.717) is 11.1 Å². The highest BCUT2D eigenvalue weighted by atomic mass is 32.2. The third kappa shape index (κ3) is 4.96. The first-order chi connectivity index (χ1) is 13.8. The molecule has 0 saturated carbocycles. The Labute approximate surface area is 169 Å². The SMILES string of the molecule is C[C@@H](c1cccc([N+](=O)[O-])c1)N(C)C(=O)CSc1nnc(-c2ccc(F)cc2)o1. The molecule has 0 spiro atoms. The van der Waals surface area contributed by atoms with Crippen LogP contribution in [0, 0.1) is 15.9 Å². The van der Waals surface area contributed by atoms with E-state index in [9.17, 15) is 19.3 Å². The Bertz CT molecular complexity index is 1030. The van der Waals surface area contributed by atoms with Crippen LogP contribution in [-0.4, -0.2) is 38.7 Å². The van der Waals surface area contributed by atoms with Gasteiger partial charge in [0, 0.05) is 24.7 Å². The first-order valence-corrected chi connectivity index (χ1v) is 9.56. The maximum atomic E-state index is 13.0. The van der Waals surface area contributed by atoms with Gasteiger partial charge in [0.05, 0.1) is 16.7 Å². The smallest absolute Gasteiger partial charge is 0.277 e. The molecule has 10 heteroatoms. The van der Waals surface area contributed by atoms with Gasteiger partial charge in [0.25, 0.3) is 10.9 Å². The number of hydrogen-bond donors (Lipinski definition) is 0. The number of halogens is 1. The molecule has 29 heavy (non-hydrogen) atoms. The number of non-ortho nitro benzene ring substituents is 1.